The van der Waals surface area contributed by atoms with Crippen LogP contribution in [-0.4, -0.2) is 25.6 Å². The van der Waals surface area contributed by atoms with Gasteiger partial charge in [0, 0.05) is 11.8 Å². The molecule has 0 unspecified atom stereocenters. The van der Waals surface area contributed by atoms with Crippen molar-refractivity contribution in [2.45, 2.75) is 13.5 Å². The minimum absolute atomic E-state index is 0.200. The van der Waals surface area contributed by atoms with Gasteiger partial charge in [0.1, 0.15) is 17.9 Å². The number of hydrogen-bond donors (Lipinski definition) is 1. The topological polar surface area (TPSA) is 68.0 Å². The van der Waals surface area contributed by atoms with Crippen molar-refractivity contribution in [2.75, 3.05) is 0 Å². The van der Waals surface area contributed by atoms with Crippen LogP contribution in [0.4, 0.5) is 0 Å². The Morgan fingerprint density at radius 1 is 1.38 bits per heavy atom. The summed E-state index contributed by atoms with van der Waals surface area (Å²) < 4.78 is 1.59. The number of rotatable bonds is 3. The molecule has 0 bridgehead atoms. The first kappa shape index (κ1) is 13.6. The standard InChI is InChI=1S/C15H12ClN3O2/c1-9-4-2-3-5-11(9)14-18-12-6-10(16)7-17-15(12)19(14)8-13(20)21/h2-7H,8H2,1H3,(H,20,21). The Balaban J connectivity index is 2.30. The van der Waals surface area contributed by atoms with Crippen molar-refractivity contribution >= 4 is 28.7 Å². The summed E-state index contributed by atoms with van der Waals surface area (Å²) in [5, 5.41) is 9.61. The Morgan fingerprint density at radius 3 is 2.86 bits per heavy atom. The molecule has 0 radical (unpaired) electrons. The van der Waals surface area contributed by atoms with Gasteiger partial charge in [-0.3, -0.25) is 9.36 Å². The highest BCUT2D eigenvalue weighted by Crippen LogP contribution is 2.27. The van der Waals surface area contributed by atoms with Gasteiger partial charge in [0.2, 0.25) is 0 Å². The monoisotopic (exact) mass is 301 g/mol. The van der Waals surface area contributed by atoms with Crippen LogP contribution in [0.5, 0.6) is 0 Å². The Morgan fingerprint density at radius 2 is 2.14 bits per heavy atom. The Bertz CT molecular complexity index is 842. The molecule has 0 saturated carbocycles. The van der Waals surface area contributed by atoms with Crippen molar-refractivity contribution in [3.05, 3.63) is 47.1 Å². The molecule has 106 valence electrons. The van der Waals surface area contributed by atoms with Crippen LogP contribution in [-0.2, 0) is 11.3 Å². The molecule has 2 heterocycles. The van der Waals surface area contributed by atoms with Crippen molar-refractivity contribution in [1.82, 2.24) is 14.5 Å². The van der Waals surface area contributed by atoms with Gasteiger partial charge in [-0.05, 0) is 18.6 Å². The first-order valence-corrected chi connectivity index (χ1v) is 6.73. The summed E-state index contributed by atoms with van der Waals surface area (Å²) in [5.74, 6) is -0.360. The fourth-order valence-corrected chi connectivity index (χ4v) is 2.45. The van der Waals surface area contributed by atoms with E-state index in [0.29, 0.717) is 22.0 Å². The van der Waals surface area contributed by atoms with Crippen molar-refractivity contribution in [1.29, 1.82) is 0 Å². The zero-order valence-corrected chi connectivity index (χ0v) is 12.0. The quantitative estimate of drug-likeness (QED) is 0.807. The number of nitrogens with zero attached hydrogens (tertiary/aromatic N) is 3. The second-order valence-corrected chi connectivity index (χ2v) is 5.16. The maximum atomic E-state index is 11.1. The van der Waals surface area contributed by atoms with Crippen LogP contribution in [0, 0.1) is 6.92 Å². The van der Waals surface area contributed by atoms with E-state index in [-0.39, 0.29) is 6.54 Å². The number of aryl methyl sites for hydroxylation is 1. The minimum atomic E-state index is -0.944. The van der Waals surface area contributed by atoms with E-state index in [9.17, 15) is 4.79 Å². The molecule has 3 rings (SSSR count). The number of benzene rings is 1. The SMILES string of the molecule is Cc1ccccc1-c1nc2cc(Cl)cnc2n1CC(=O)O. The van der Waals surface area contributed by atoms with Crippen LogP contribution in [0.3, 0.4) is 0 Å². The molecule has 0 fully saturated rings. The second kappa shape index (κ2) is 5.18. The van der Waals surface area contributed by atoms with Crippen molar-refractivity contribution in [3.63, 3.8) is 0 Å². The van der Waals surface area contributed by atoms with Crippen molar-refractivity contribution in [3.8, 4) is 11.4 Å². The number of aromatic nitrogens is 3. The lowest BCUT2D eigenvalue weighted by molar-refractivity contribution is -0.137. The fraction of sp³-hybridized carbons (Fsp3) is 0.133. The van der Waals surface area contributed by atoms with Gasteiger partial charge in [-0.15, -0.1) is 0 Å². The van der Waals surface area contributed by atoms with Gasteiger partial charge in [0.25, 0.3) is 0 Å². The lowest BCUT2D eigenvalue weighted by Crippen LogP contribution is -2.10. The molecule has 3 aromatic rings. The normalized spacial score (nSPS) is 11.0. The predicted octanol–water partition coefficient (Wildman–Crippen LogP) is 3.14. The lowest BCUT2D eigenvalue weighted by atomic mass is 10.1. The van der Waals surface area contributed by atoms with Gasteiger partial charge in [0.15, 0.2) is 5.65 Å². The van der Waals surface area contributed by atoms with E-state index in [2.05, 4.69) is 9.97 Å². The molecule has 0 aliphatic carbocycles. The zero-order valence-electron chi connectivity index (χ0n) is 11.2. The van der Waals surface area contributed by atoms with Crippen LogP contribution in [0.25, 0.3) is 22.6 Å². The van der Waals surface area contributed by atoms with Crippen LogP contribution in [0.1, 0.15) is 5.56 Å². The molecule has 0 saturated heterocycles. The number of carbonyl (C=O) groups is 1. The molecular formula is C15H12ClN3O2. The highest BCUT2D eigenvalue weighted by atomic mass is 35.5. The van der Waals surface area contributed by atoms with Crippen molar-refractivity contribution < 1.29 is 9.90 Å². The van der Waals surface area contributed by atoms with Gasteiger partial charge in [0.05, 0.1) is 5.02 Å². The van der Waals surface area contributed by atoms with E-state index in [1.165, 1.54) is 6.20 Å². The number of aliphatic carboxylic acids is 1. The molecule has 21 heavy (non-hydrogen) atoms. The fourth-order valence-electron chi connectivity index (χ4n) is 2.30. The van der Waals surface area contributed by atoms with E-state index in [0.717, 1.165) is 11.1 Å². The third-order valence-electron chi connectivity index (χ3n) is 3.23. The molecule has 1 N–H and O–H groups in total. The van der Waals surface area contributed by atoms with Crippen LogP contribution < -0.4 is 0 Å². The number of carboxylic acid groups (broad SMARTS) is 1. The van der Waals surface area contributed by atoms with Gasteiger partial charge in [-0.2, -0.15) is 0 Å². The first-order chi connectivity index (χ1) is 10.1. The van der Waals surface area contributed by atoms with Crippen LogP contribution in [0.2, 0.25) is 5.02 Å². The molecule has 6 heteroatoms. The van der Waals surface area contributed by atoms with Gasteiger partial charge < -0.3 is 5.11 Å². The number of pyridine rings is 1. The third-order valence-corrected chi connectivity index (χ3v) is 3.44. The average Bonchev–Trinajstić information content (AvgIpc) is 2.76. The summed E-state index contributed by atoms with van der Waals surface area (Å²) in [6, 6.07) is 9.38. The summed E-state index contributed by atoms with van der Waals surface area (Å²) in [5.41, 5.74) is 3.00. The van der Waals surface area contributed by atoms with Crippen LogP contribution in [0.15, 0.2) is 36.5 Å². The maximum absolute atomic E-state index is 11.1. The molecule has 0 aliphatic heterocycles. The van der Waals surface area contributed by atoms with E-state index in [4.69, 9.17) is 16.7 Å². The number of fused-ring (bicyclic) bond motifs is 1. The lowest BCUT2D eigenvalue weighted by Gasteiger charge is -2.08. The maximum Gasteiger partial charge on any atom is 0.323 e. The Hall–Kier alpha value is -2.40. The van der Waals surface area contributed by atoms with Gasteiger partial charge in [-0.25, -0.2) is 9.97 Å². The van der Waals surface area contributed by atoms with Crippen molar-refractivity contribution in [2.24, 2.45) is 0 Å². The molecule has 2 aromatic heterocycles. The molecule has 0 spiro atoms. The summed E-state index contributed by atoms with van der Waals surface area (Å²) >= 11 is 5.94. The predicted molar refractivity (Wildman–Crippen MR) is 80.3 cm³/mol. The van der Waals surface area contributed by atoms with E-state index >= 15 is 0 Å². The number of halogens is 1. The summed E-state index contributed by atoms with van der Waals surface area (Å²) in [6.07, 6.45) is 1.49. The molecule has 1 aromatic carbocycles. The molecule has 5 nitrogen and oxygen atoms in total. The van der Waals surface area contributed by atoms with E-state index in [1.807, 2.05) is 31.2 Å². The summed E-state index contributed by atoms with van der Waals surface area (Å²) in [7, 11) is 0. The Labute approximate surface area is 125 Å². The molecule has 0 amide bonds. The average molecular weight is 302 g/mol. The Kier molecular flexibility index (Phi) is 3.35. The second-order valence-electron chi connectivity index (χ2n) is 4.73. The van der Waals surface area contributed by atoms with E-state index < -0.39 is 5.97 Å². The summed E-state index contributed by atoms with van der Waals surface area (Å²) in [6.45, 7) is 1.76. The molecule has 0 atom stereocenters. The van der Waals surface area contributed by atoms with Crippen LogP contribution >= 0.6 is 11.6 Å². The number of imidazole rings is 1. The summed E-state index contributed by atoms with van der Waals surface area (Å²) in [4.78, 5) is 19.9. The van der Waals surface area contributed by atoms with E-state index in [1.54, 1.807) is 10.6 Å². The highest BCUT2D eigenvalue weighted by Gasteiger charge is 2.17. The zero-order chi connectivity index (χ0) is 15.0. The highest BCUT2D eigenvalue weighted by molar-refractivity contribution is 6.31. The smallest absolute Gasteiger partial charge is 0.323 e. The molecular weight excluding hydrogens is 290 g/mol. The minimum Gasteiger partial charge on any atom is -0.480 e. The van der Waals surface area contributed by atoms with Gasteiger partial charge >= 0.3 is 5.97 Å². The largest absolute Gasteiger partial charge is 0.480 e. The molecule has 0 aliphatic rings. The number of carboxylic acids is 1. The van der Waals surface area contributed by atoms with Gasteiger partial charge in [-0.1, -0.05) is 35.9 Å². The number of hydrogen-bond acceptors (Lipinski definition) is 3. The first-order valence-electron chi connectivity index (χ1n) is 6.36. The third kappa shape index (κ3) is 2.48.